The van der Waals surface area contributed by atoms with E-state index in [4.69, 9.17) is 0 Å². The Labute approximate surface area is 106 Å². The van der Waals surface area contributed by atoms with Crippen molar-refractivity contribution in [2.24, 2.45) is 0 Å². The van der Waals surface area contributed by atoms with E-state index in [0.717, 1.165) is 0 Å². The van der Waals surface area contributed by atoms with Crippen molar-refractivity contribution < 1.29 is 9.59 Å². The van der Waals surface area contributed by atoms with Crippen molar-refractivity contribution in [3.8, 4) is 0 Å². The van der Waals surface area contributed by atoms with Crippen LogP contribution in [0.25, 0.3) is 0 Å². The number of carbonyl (C=O) groups is 2. The van der Waals surface area contributed by atoms with Gasteiger partial charge in [-0.05, 0) is 6.07 Å². The molecule has 0 aromatic carbocycles. The van der Waals surface area contributed by atoms with E-state index in [1.165, 1.54) is 36.6 Å². The molecule has 6 nitrogen and oxygen atoms in total. The molecule has 2 rings (SSSR count). The molecular weight excluding hydrogens is 254 g/mol. The van der Waals surface area contributed by atoms with Gasteiger partial charge >= 0.3 is 0 Å². The van der Waals surface area contributed by atoms with Crippen molar-refractivity contribution in [3.63, 3.8) is 0 Å². The molecule has 2 heterocycles. The second-order valence-corrected chi connectivity index (χ2v) is 4.35. The molecule has 0 unspecified atom stereocenters. The van der Waals surface area contributed by atoms with Gasteiger partial charge in [-0.3, -0.25) is 19.7 Å². The summed E-state index contributed by atoms with van der Waals surface area (Å²) in [7, 11) is 0. The number of aromatic amines is 1. The number of hydrogen-bond acceptors (Lipinski definition) is 5. The summed E-state index contributed by atoms with van der Waals surface area (Å²) in [5, 5.41) is 4.47. The zero-order valence-electron chi connectivity index (χ0n) is 9.39. The number of aromatic nitrogens is 2. The highest BCUT2D eigenvalue weighted by atomic mass is 32.1. The zero-order valence-corrected chi connectivity index (χ0v) is 10.2. The Balaban J connectivity index is 2.13. The van der Waals surface area contributed by atoms with Crippen molar-refractivity contribution in [2.75, 3.05) is 5.32 Å². The number of amides is 1. The van der Waals surface area contributed by atoms with Gasteiger partial charge in [0.05, 0.1) is 5.56 Å². The zero-order chi connectivity index (χ0) is 13.1. The number of hydrogen-bond donors (Lipinski definition) is 2. The minimum absolute atomic E-state index is 0.157. The van der Waals surface area contributed by atoms with Crippen LogP contribution in [0.4, 0.5) is 5.13 Å². The lowest BCUT2D eigenvalue weighted by molar-refractivity contribution is 0.100. The number of thiazole rings is 1. The molecule has 0 aliphatic heterocycles. The summed E-state index contributed by atoms with van der Waals surface area (Å²) >= 11 is 1.17. The largest absolute Gasteiger partial charge is 0.328 e. The van der Waals surface area contributed by atoms with Crippen molar-refractivity contribution >= 4 is 28.2 Å². The summed E-state index contributed by atoms with van der Waals surface area (Å²) in [6.45, 7) is 1.41. The van der Waals surface area contributed by atoms with Crippen LogP contribution in [0, 0.1) is 0 Å². The maximum Gasteiger partial charge on any atom is 0.258 e. The SMILES string of the molecule is CC(=O)c1csc(NC(=O)c2ccc(=O)[nH]c2)n1. The highest BCUT2D eigenvalue weighted by Crippen LogP contribution is 2.16. The Bertz CT molecular complexity index is 639. The third-order valence-corrected chi connectivity index (χ3v) is 2.89. The molecule has 18 heavy (non-hydrogen) atoms. The van der Waals surface area contributed by atoms with Crippen LogP contribution in [-0.4, -0.2) is 21.7 Å². The lowest BCUT2D eigenvalue weighted by Gasteiger charge is -2.00. The Hall–Kier alpha value is -2.28. The van der Waals surface area contributed by atoms with Crippen molar-refractivity contribution in [2.45, 2.75) is 6.92 Å². The Morgan fingerprint density at radius 1 is 1.39 bits per heavy atom. The number of nitrogens with zero attached hydrogens (tertiary/aromatic N) is 1. The fraction of sp³-hybridized carbons (Fsp3) is 0.0909. The molecule has 2 aromatic heterocycles. The van der Waals surface area contributed by atoms with E-state index in [-0.39, 0.29) is 11.3 Å². The van der Waals surface area contributed by atoms with Crippen LogP contribution in [0.5, 0.6) is 0 Å². The molecular formula is C11H9N3O3S. The number of Topliss-reactive ketones (excluding diaryl/α,β-unsaturated/α-hetero) is 1. The van der Waals surface area contributed by atoms with Gasteiger partial charge in [-0.25, -0.2) is 4.98 Å². The van der Waals surface area contributed by atoms with Crippen LogP contribution in [0.2, 0.25) is 0 Å². The average molecular weight is 263 g/mol. The smallest absolute Gasteiger partial charge is 0.258 e. The number of carbonyl (C=O) groups excluding carboxylic acids is 2. The molecule has 2 aromatic rings. The summed E-state index contributed by atoms with van der Waals surface area (Å²) < 4.78 is 0. The predicted molar refractivity (Wildman–Crippen MR) is 67.1 cm³/mol. The minimum Gasteiger partial charge on any atom is -0.328 e. The quantitative estimate of drug-likeness (QED) is 0.816. The van der Waals surface area contributed by atoms with Crippen molar-refractivity contribution in [3.05, 3.63) is 45.3 Å². The number of ketones is 1. The van der Waals surface area contributed by atoms with Crippen LogP contribution in [0.3, 0.4) is 0 Å². The first-order valence-corrected chi connectivity index (χ1v) is 5.91. The molecule has 0 radical (unpaired) electrons. The summed E-state index contributed by atoms with van der Waals surface area (Å²) in [6, 6.07) is 2.67. The number of H-pyrrole nitrogens is 1. The standard InChI is InChI=1S/C11H9N3O3S/c1-6(15)8-5-18-11(13-8)14-10(17)7-2-3-9(16)12-4-7/h2-5H,1H3,(H,12,16)(H,13,14,17). The van der Waals surface area contributed by atoms with Crippen molar-refractivity contribution in [1.82, 2.24) is 9.97 Å². The lowest BCUT2D eigenvalue weighted by atomic mass is 10.3. The normalized spacial score (nSPS) is 10.1. The number of anilines is 1. The third kappa shape index (κ3) is 2.69. The first-order chi connectivity index (χ1) is 8.56. The highest BCUT2D eigenvalue weighted by Gasteiger charge is 2.10. The number of rotatable bonds is 3. The summed E-state index contributed by atoms with van der Waals surface area (Å²) in [6.07, 6.45) is 1.32. The fourth-order valence-corrected chi connectivity index (χ4v) is 1.96. The van der Waals surface area contributed by atoms with Gasteiger partial charge in [0.2, 0.25) is 5.56 Å². The maximum absolute atomic E-state index is 11.8. The van der Waals surface area contributed by atoms with E-state index >= 15 is 0 Å². The molecule has 0 fully saturated rings. The maximum atomic E-state index is 11.8. The molecule has 0 atom stereocenters. The summed E-state index contributed by atoms with van der Waals surface area (Å²) in [5.74, 6) is -0.550. The molecule has 0 saturated carbocycles. The Morgan fingerprint density at radius 2 is 2.17 bits per heavy atom. The molecule has 0 saturated heterocycles. The Morgan fingerprint density at radius 3 is 2.72 bits per heavy atom. The van der Waals surface area contributed by atoms with E-state index in [1.807, 2.05) is 0 Å². The van der Waals surface area contributed by atoms with E-state index in [0.29, 0.717) is 16.4 Å². The van der Waals surface area contributed by atoms with E-state index in [2.05, 4.69) is 15.3 Å². The topological polar surface area (TPSA) is 91.9 Å². The molecule has 0 aliphatic rings. The molecule has 0 bridgehead atoms. The lowest BCUT2D eigenvalue weighted by Crippen LogP contribution is -2.14. The van der Waals surface area contributed by atoms with Crippen LogP contribution < -0.4 is 10.9 Å². The Kier molecular flexibility index (Phi) is 3.33. The highest BCUT2D eigenvalue weighted by molar-refractivity contribution is 7.14. The fourth-order valence-electron chi connectivity index (χ4n) is 1.21. The molecule has 1 amide bonds. The van der Waals surface area contributed by atoms with Gasteiger partial charge in [-0.15, -0.1) is 11.3 Å². The number of nitrogens with one attached hydrogen (secondary N) is 2. The predicted octanol–water partition coefficient (Wildman–Crippen LogP) is 1.29. The van der Waals surface area contributed by atoms with Gasteiger partial charge < -0.3 is 4.98 Å². The first-order valence-electron chi connectivity index (χ1n) is 5.03. The first kappa shape index (κ1) is 12.2. The van der Waals surface area contributed by atoms with Gasteiger partial charge in [0.25, 0.3) is 5.91 Å². The molecule has 0 aliphatic carbocycles. The van der Waals surface area contributed by atoms with Crippen LogP contribution in [0.1, 0.15) is 27.8 Å². The molecule has 92 valence electrons. The second-order valence-electron chi connectivity index (χ2n) is 3.49. The van der Waals surface area contributed by atoms with Crippen LogP contribution in [0.15, 0.2) is 28.5 Å². The van der Waals surface area contributed by atoms with Gasteiger partial charge in [0.1, 0.15) is 5.69 Å². The van der Waals surface area contributed by atoms with Gasteiger partial charge in [-0.2, -0.15) is 0 Å². The van der Waals surface area contributed by atoms with E-state index in [1.54, 1.807) is 5.38 Å². The number of pyridine rings is 1. The molecule has 2 N–H and O–H groups in total. The average Bonchev–Trinajstić information content (AvgIpc) is 2.78. The minimum atomic E-state index is -0.393. The second kappa shape index (κ2) is 4.92. The van der Waals surface area contributed by atoms with Crippen LogP contribution >= 0.6 is 11.3 Å². The summed E-state index contributed by atoms with van der Waals surface area (Å²) in [5.41, 5.74) is 0.352. The molecule has 0 spiro atoms. The monoisotopic (exact) mass is 263 g/mol. The van der Waals surface area contributed by atoms with Gasteiger partial charge in [0.15, 0.2) is 10.9 Å². The summed E-state index contributed by atoms with van der Waals surface area (Å²) in [4.78, 5) is 40.0. The van der Waals surface area contributed by atoms with Crippen LogP contribution in [-0.2, 0) is 0 Å². The third-order valence-electron chi connectivity index (χ3n) is 2.13. The van der Waals surface area contributed by atoms with E-state index < -0.39 is 5.91 Å². The molecule has 7 heteroatoms. The van der Waals surface area contributed by atoms with Crippen molar-refractivity contribution in [1.29, 1.82) is 0 Å². The van der Waals surface area contributed by atoms with E-state index in [9.17, 15) is 14.4 Å². The van der Waals surface area contributed by atoms with Gasteiger partial charge in [0, 0.05) is 24.6 Å². The van der Waals surface area contributed by atoms with Gasteiger partial charge in [-0.1, -0.05) is 0 Å².